The molecule has 0 saturated carbocycles. The number of carbonyl (C=O) groups excluding carboxylic acids is 1. The molecule has 0 aromatic carbocycles. The van der Waals surface area contributed by atoms with Gasteiger partial charge in [-0.05, 0) is 24.1 Å². The summed E-state index contributed by atoms with van der Waals surface area (Å²) in [6, 6.07) is 3.68. The van der Waals surface area contributed by atoms with Gasteiger partial charge in [0.15, 0.2) is 0 Å². The first-order chi connectivity index (χ1) is 9.83. The lowest BCUT2D eigenvalue weighted by Crippen LogP contribution is -2.16. The fraction of sp³-hybridized carbons (Fsp3) is 0.562. The Bertz CT molecular complexity index is 390. The predicted molar refractivity (Wildman–Crippen MR) is 82.6 cm³/mol. The van der Waals surface area contributed by atoms with Crippen molar-refractivity contribution in [3.8, 4) is 0 Å². The van der Waals surface area contributed by atoms with E-state index in [1.807, 2.05) is 12.1 Å². The van der Waals surface area contributed by atoms with Crippen LogP contribution in [0.25, 0.3) is 0 Å². The van der Waals surface area contributed by atoms with Gasteiger partial charge in [0.2, 0.25) is 5.91 Å². The Hall–Kier alpha value is -1.71. The average Bonchev–Trinajstić information content (AvgIpc) is 2.47. The van der Waals surface area contributed by atoms with Crippen LogP contribution in [0, 0.1) is 0 Å². The summed E-state index contributed by atoms with van der Waals surface area (Å²) < 4.78 is 0. The summed E-state index contributed by atoms with van der Waals surface area (Å²) in [4.78, 5) is 15.4. The predicted octanol–water partition coefficient (Wildman–Crippen LogP) is 3.67. The first-order valence-corrected chi connectivity index (χ1v) is 7.55. The molecule has 110 valence electrons. The lowest BCUT2D eigenvalue weighted by atomic mass is 10.1. The third kappa shape index (κ3) is 8.40. The summed E-state index contributed by atoms with van der Waals surface area (Å²) in [5, 5.41) is 3.93. The molecule has 0 saturated heterocycles. The topological polar surface area (TPSA) is 54.4 Å². The molecule has 0 spiro atoms. The fourth-order valence-electron chi connectivity index (χ4n) is 1.93. The minimum Gasteiger partial charge on any atom is -0.273 e. The van der Waals surface area contributed by atoms with Crippen molar-refractivity contribution >= 4 is 12.1 Å². The number of nitrogens with zero attached hydrogens (tertiary/aromatic N) is 2. The lowest BCUT2D eigenvalue weighted by molar-refractivity contribution is -0.121. The summed E-state index contributed by atoms with van der Waals surface area (Å²) in [5.41, 5.74) is 3.48. The molecule has 20 heavy (non-hydrogen) atoms. The Labute approximate surface area is 121 Å². The highest BCUT2D eigenvalue weighted by atomic mass is 16.2. The molecule has 0 radical (unpaired) electrons. The van der Waals surface area contributed by atoms with Crippen LogP contribution in [0.2, 0.25) is 0 Å². The molecule has 4 heteroatoms. The Morgan fingerprint density at radius 2 is 1.80 bits per heavy atom. The molecule has 0 aliphatic carbocycles. The Morgan fingerprint density at radius 1 is 1.15 bits per heavy atom. The van der Waals surface area contributed by atoms with Gasteiger partial charge in [0, 0.05) is 18.8 Å². The van der Waals surface area contributed by atoms with Crippen molar-refractivity contribution < 1.29 is 4.79 Å². The number of hydrogen-bond acceptors (Lipinski definition) is 3. The molecule has 0 fully saturated rings. The number of hydrogen-bond donors (Lipinski definition) is 1. The van der Waals surface area contributed by atoms with Gasteiger partial charge in [-0.3, -0.25) is 9.78 Å². The molecule has 1 aromatic rings. The third-order valence-electron chi connectivity index (χ3n) is 3.12. The molecule has 1 N–H and O–H groups in total. The first-order valence-electron chi connectivity index (χ1n) is 7.55. The Morgan fingerprint density at radius 3 is 2.50 bits per heavy atom. The second-order valence-corrected chi connectivity index (χ2v) is 4.95. The standard InChI is InChI=1S/C16H25N3O/c1-2-3-4-5-6-7-8-9-16(20)19-18-14-15-10-12-17-13-11-15/h10-14H,2-9H2,1H3,(H,19,20)/b18-14-. The minimum atomic E-state index is -0.0103. The van der Waals surface area contributed by atoms with Crippen LogP contribution in [-0.2, 0) is 4.79 Å². The maximum absolute atomic E-state index is 11.5. The Kier molecular flexibility index (Phi) is 9.11. The van der Waals surface area contributed by atoms with Crippen molar-refractivity contribution in [1.82, 2.24) is 10.4 Å². The third-order valence-corrected chi connectivity index (χ3v) is 3.12. The number of aromatic nitrogens is 1. The highest BCUT2D eigenvalue weighted by Gasteiger charge is 1.99. The van der Waals surface area contributed by atoms with Gasteiger partial charge in [0.25, 0.3) is 0 Å². The van der Waals surface area contributed by atoms with E-state index in [0.29, 0.717) is 6.42 Å². The molecular formula is C16H25N3O. The van der Waals surface area contributed by atoms with Crippen molar-refractivity contribution in [3.05, 3.63) is 30.1 Å². The van der Waals surface area contributed by atoms with Gasteiger partial charge in [0.1, 0.15) is 0 Å². The molecule has 0 atom stereocenters. The van der Waals surface area contributed by atoms with Gasteiger partial charge in [-0.25, -0.2) is 5.43 Å². The number of carbonyl (C=O) groups is 1. The van der Waals surface area contributed by atoms with E-state index in [1.54, 1.807) is 18.6 Å². The van der Waals surface area contributed by atoms with E-state index in [4.69, 9.17) is 0 Å². The van der Waals surface area contributed by atoms with E-state index < -0.39 is 0 Å². The van der Waals surface area contributed by atoms with Crippen LogP contribution in [-0.4, -0.2) is 17.1 Å². The molecule has 1 aromatic heterocycles. The minimum absolute atomic E-state index is 0.0103. The highest BCUT2D eigenvalue weighted by Crippen LogP contribution is 2.08. The number of nitrogens with one attached hydrogen (secondary N) is 1. The van der Waals surface area contributed by atoms with Crippen LogP contribution in [0.1, 0.15) is 63.9 Å². The number of pyridine rings is 1. The fourth-order valence-corrected chi connectivity index (χ4v) is 1.93. The molecule has 1 amide bonds. The molecule has 4 nitrogen and oxygen atoms in total. The summed E-state index contributed by atoms with van der Waals surface area (Å²) in [6.45, 7) is 2.22. The van der Waals surface area contributed by atoms with E-state index in [2.05, 4.69) is 22.4 Å². The van der Waals surface area contributed by atoms with Crippen LogP contribution in [0.5, 0.6) is 0 Å². The molecule has 0 aliphatic rings. The number of rotatable bonds is 10. The zero-order valence-corrected chi connectivity index (χ0v) is 12.3. The van der Waals surface area contributed by atoms with Crippen LogP contribution in [0.3, 0.4) is 0 Å². The normalized spacial score (nSPS) is 10.8. The van der Waals surface area contributed by atoms with E-state index >= 15 is 0 Å². The number of unbranched alkanes of at least 4 members (excludes halogenated alkanes) is 6. The quantitative estimate of drug-likeness (QED) is 0.402. The van der Waals surface area contributed by atoms with Gasteiger partial charge in [0.05, 0.1) is 6.21 Å². The Balaban J connectivity index is 2.02. The second-order valence-electron chi connectivity index (χ2n) is 4.95. The smallest absolute Gasteiger partial charge is 0.240 e. The highest BCUT2D eigenvalue weighted by molar-refractivity contribution is 5.82. The average molecular weight is 275 g/mol. The van der Waals surface area contributed by atoms with Gasteiger partial charge >= 0.3 is 0 Å². The van der Waals surface area contributed by atoms with Gasteiger partial charge in [-0.1, -0.05) is 45.4 Å². The molecule has 0 bridgehead atoms. The first kappa shape index (κ1) is 16.3. The van der Waals surface area contributed by atoms with Crippen molar-refractivity contribution in [2.45, 2.75) is 58.3 Å². The van der Waals surface area contributed by atoms with E-state index in [-0.39, 0.29) is 5.91 Å². The SMILES string of the molecule is CCCCCCCCCC(=O)N/N=C\c1ccncc1. The van der Waals surface area contributed by atoms with Crippen LogP contribution >= 0.6 is 0 Å². The molecule has 0 aliphatic heterocycles. The monoisotopic (exact) mass is 275 g/mol. The molecule has 0 unspecified atom stereocenters. The van der Waals surface area contributed by atoms with Gasteiger partial charge in [-0.15, -0.1) is 0 Å². The van der Waals surface area contributed by atoms with Crippen molar-refractivity contribution in [3.63, 3.8) is 0 Å². The summed E-state index contributed by atoms with van der Waals surface area (Å²) in [5.74, 6) is -0.0103. The molecular weight excluding hydrogens is 250 g/mol. The maximum Gasteiger partial charge on any atom is 0.240 e. The maximum atomic E-state index is 11.5. The van der Waals surface area contributed by atoms with E-state index in [0.717, 1.165) is 18.4 Å². The molecule has 1 heterocycles. The summed E-state index contributed by atoms with van der Waals surface area (Å²) in [7, 11) is 0. The number of hydrazone groups is 1. The van der Waals surface area contributed by atoms with Crippen LogP contribution < -0.4 is 5.43 Å². The van der Waals surface area contributed by atoms with E-state index in [1.165, 1.54) is 32.1 Å². The lowest BCUT2D eigenvalue weighted by Gasteiger charge is -2.01. The molecule has 1 rings (SSSR count). The van der Waals surface area contributed by atoms with Crippen molar-refractivity contribution in [2.24, 2.45) is 5.10 Å². The zero-order chi connectivity index (χ0) is 14.5. The van der Waals surface area contributed by atoms with E-state index in [9.17, 15) is 4.79 Å². The van der Waals surface area contributed by atoms with Gasteiger partial charge < -0.3 is 0 Å². The number of amides is 1. The zero-order valence-electron chi connectivity index (χ0n) is 12.3. The summed E-state index contributed by atoms with van der Waals surface area (Å²) in [6.07, 6.45) is 14.1. The van der Waals surface area contributed by atoms with Crippen molar-refractivity contribution in [2.75, 3.05) is 0 Å². The second kappa shape index (κ2) is 11.1. The summed E-state index contributed by atoms with van der Waals surface area (Å²) >= 11 is 0. The van der Waals surface area contributed by atoms with Gasteiger partial charge in [-0.2, -0.15) is 5.10 Å². The largest absolute Gasteiger partial charge is 0.273 e. The van der Waals surface area contributed by atoms with Crippen LogP contribution in [0.15, 0.2) is 29.6 Å². The van der Waals surface area contributed by atoms with Crippen molar-refractivity contribution in [1.29, 1.82) is 0 Å². The van der Waals surface area contributed by atoms with Crippen LogP contribution in [0.4, 0.5) is 0 Å².